The highest BCUT2D eigenvalue weighted by molar-refractivity contribution is 5.89. The van der Waals surface area contributed by atoms with Gasteiger partial charge in [0.05, 0.1) is 12.7 Å². The second-order valence-electron chi connectivity index (χ2n) is 5.20. The molecular weight excluding hydrogens is 306 g/mol. The maximum atomic E-state index is 12.4. The van der Waals surface area contributed by atoms with Crippen LogP contribution in [0.5, 0.6) is 5.75 Å². The van der Waals surface area contributed by atoms with E-state index in [1.54, 1.807) is 48.7 Å². The molecule has 6 nitrogen and oxygen atoms in total. The van der Waals surface area contributed by atoms with Crippen molar-refractivity contribution >= 4 is 5.97 Å². The Kier molecular flexibility index (Phi) is 4.56. The van der Waals surface area contributed by atoms with E-state index in [9.17, 15) is 4.79 Å². The molecule has 6 heteroatoms. The van der Waals surface area contributed by atoms with Crippen molar-refractivity contribution in [2.24, 2.45) is 0 Å². The van der Waals surface area contributed by atoms with Crippen LogP contribution in [0.1, 0.15) is 28.9 Å². The number of benzene rings is 1. The number of hydrogen-bond donors (Lipinski definition) is 0. The molecule has 2 heterocycles. The summed E-state index contributed by atoms with van der Waals surface area (Å²) in [7, 11) is 1.60. The fourth-order valence-electron chi connectivity index (χ4n) is 2.27. The van der Waals surface area contributed by atoms with Crippen molar-refractivity contribution in [2.45, 2.75) is 13.0 Å². The van der Waals surface area contributed by atoms with Crippen LogP contribution >= 0.6 is 0 Å². The van der Waals surface area contributed by atoms with E-state index in [0.717, 1.165) is 11.3 Å². The van der Waals surface area contributed by atoms with E-state index in [-0.39, 0.29) is 0 Å². The third kappa shape index (κ3) is 3.43. The van der Waals surface area contributed by atoms with Crippen molar-refractivity contribution in [3.8, 4) is 11.6 Å². The number of imidazole rings is 1. The van der Waals surface area contributed by atoms with Gasteiger partial charge in [-0.2, -0.15) is 0 Å². The Labute approximate surface area is 139 Å². The average Bonchev–Trinajstić information content (AvgIpc) is 3.16. The number of nitrogens with zero attached hydrogens (tertiary/aromatic N) is 3. The minimum atomic E-state index is -0.408. The Morgan fingerprint density at radius 1 is 1.21 bits per heavy atom. The number of pyridine rings is 1. The zero-order valence-corrected chi connectivity index (χ0v) is 13.4. The Morgan fingerprint density at radius 2 is 2.08 bits per heavy atom. The van der Waals surface area contributed by atoms with Crippen LogP contribution in [-0.2, 0) is 4.74 Å². The summed E-state index contributed by atoms with van der Waals surface area (Å²) >= 11 is 0. The standard InChI is InChI=1S/C18H17N3O3/c1-13(14-4-3-5-16(10-14)23-2)24-18(22)15-6-7-20-17(11-15)21-9-8-19-12-21/h3-13H,1-2H3/t13-/m0/s1. The average molecular weight is 323 g/mol. The van der Waals surface area contributed by atoms with Gasteiger partial charge in [-0.05, 0) is 36.8 Å². The van der Waals surface area contributed by atoms with Gasteiger partial charge in [-0.1, -0.05) is 12.1 Å². The summed E-state index contributed by atoms with van der Waals surface area (Å²) in [4.78, 5) is 20.6. The molecule has 0 fully saturated rings. The predicted octanol–water partition coefficient (Wildman–Crippen LogP) is 3.19. The molecule has 0 radical (unpaired) electrons. The molecule has 3 rings (SSSR count). The molecule has 0 saturated carbocycles. The normalized spacial score (nSPS) is 11.8. The predicted molar refractivity (Wildman–Crippen MR) is 88.2 cm³/mol. The molecule has 0 aliphatic rings. The largest absolute Gasteiger partial charge is 0.497 e. The molecule has 0 bridgehead atoms. The second kappa shape index (κ2) is 6.95. The molecule has 122 valence electrons. The second-order valence-corrected chi connectivity index (χ2v) is 5.20. The first kappa shape index (κ1) is 15.7. The number of rotatable bonds is 5. The molecule has 0 aliphatic heterocycles. The summed E-state index contributed by atoms with van der Waals surface area (Å²) in [5.41, 5.74) is 1.30. The summed E-state index contributed by atoms with van der Waals surface area (Å²) in [5, 5.41) is 0. The lowest BCUT2D eigenvalue weighted by atomic mass is 10.1. The lowest BCUT2D eigenvalue weighted by Crippen LogP contribution is -2.10. The molecule has 2 aromatic heterocycles. The third-order valence-electron chi connectivity index (χ3n) is 3.60. The Hall–Kier alpha value is -3.15. The summed E-state index contributed by atoms with van der Waals surface area (Å²) in [6, 6.07) is 10.7. The summed E-state index contributed by atoms with van der Waals surface area (Å²) in [6.45, 7) is 1.82. The van der Waals surface area contributed by atoms with Crippen molar-refractivity contribution < 1.29 is 14.3 Å². The highest BCUT2D eigenvalue weighted by Crippen LogP contribution is 2.23. The molecule has 0 spiro atoms. The van der Waals surface area contributed by atoms with Crippen LogP contribution in [-0.4, -0.2) is 27.6 Å². The van der Waals surface area contributed by atoms with Crippen molar-refractivity contribution in [1.29, 1.82) is 0 Å². The van der Waals surface area contributed by atoms with Gasteiger partial charge in [0.15, 0.2) is 0 Å². The maximum Gasteiger partial charge on any atom is 0.338 e. The molecule has 0 N–H and O–H groups in total. The molecule has 0 saturated heterocycles. The number of carbonyl (C=O) groups is 1. The van der Waals surface area contributed by atoms with E-state index in [1.807, 2.05) is 31.2 Å². The first-order chi connectivity index (χ1) is 11.7. The minimum Gasteiger partial charge on any atom is -0.497 e. The van der Waals surface area contributed by atoms with E-state index in [4.69, 9.17) is 9.47 Å². The maximum absolute atomic E-state index is 12.4. The van der Waals surface area contributed by atoms with E-state index in [0.29, 0.717) is 11.4 Å². The van der Waals surface area contributed by atoms with E-state index >= 15 is 0 Å². The lowest BCUT2D eigenvalue weighted by molar-refractivity contribution is 0.0337. The highest BCUT2D eigenvalue weighted by Gasteiger charge is 2.15. The smallest absolute Gasteiger partial charge is 0.338 e. The third-order valence-corrected chi connectivity index (χ3v) is 3.60. The zero-order valence-electron chi connectivity index (χ0n) is 13.4. The Morgan fingerprint density at radius 3 is 2.83 bits per heavy atom. The number of carbonyl (C=O) groups excluding carboxylic acids is 1. The van der Waals surface area contributed by atoms with Crippen LogP contribution in [0.2, 0.25) is 0 Å². The lowest BCUT2D eigenvalue weighted by Gasteiger charge is -2.14. The van der Waals surface area contributed by atoms with Crippen LogP contribution in [0.3, 0.4) is 0 Å². The minimum absolute atomic E-state index is 0.391. The van der Waals surface area contributed by atoms with E-state index < -0.39 is 12.1 Å². The van der Waals surface area contributed by atoms with E-state index in [1.165, 1.54) is 0 Å². The van der Waals surface area contributed by atoms with Gasteiger partial charge < -0.3 is 9.47 Å². The monoisotopic (exact) mass is 323 g/mol. The van der Waals surface area contributed by atoms with E-state index in [2.05, 4.69) is 9.97 Å². The van der Waals surface area contributed by atoms with Crippen LogP contribution in [0.4, 0.5) is 0 Å². The first-order valence-electron chi connectivity index (χ1n) is 7.46. The number of hydrogen-bond acceptors (Lipinski definition) is 5. The van der Waals surface area contributed by atoms with Crippen LogP contribution in [0.25, 0.3) is 5.82 Å². The fraction of sp³-hybridized carbons (Fsp3) is 0.167. The Bertz CT molecular complexity index is 831. The van der Waals surface area contributed by atoms with Gasteiger partial charge in [0.25, 0.3) is 0 Å². The number of ether oxygens (including phenoxy) is 2. The number of methoxy groups -OCH3 is 1. The quantitative estimate of drug-likeness (QED) is 0.675. The van der Waals surface area contributed by atoms with Gasteiger partial charge in [-0.25, -0.2) is 14.8 Å². The molecule has 1 atom stereocenters. The van der Waals surface area contributed by atoms with Gasteiger partial charge in [-0.15, -0.1) is 0 Å². The SMILES string of the molecule is COc1cccc([C@H](C)OC(=O)c2ccnc(-n3ccnc3)c2)c1. The molecule has 0 amide bonds. The van der Waals surface area contributed by atoms with Crippen molar-refractivity contribution in [3.05, 3.63) is 72.4 Å². The van der Waals surface area contributed by atoms with Crippen molar-refractivity contribution in [3.63, 3.8) is 0 Å². The molecule has 0 aliphatic carbocycles. The number of aromatic nitrogens is 3. The van der Waals surface area contributed by atoms with Gasteiger partial charge in [0, 0.05) is 18.6 Å². The zero-order chi connectivity index (χ0) is 16.9. The molecule has 0 unspecified atom stereocenters. The van der Waals surface area contributed by atoms with Crippen LogP contribution < -0.4 is 4.74 Å². The van der Waals surface area contributed by atoms with Gasteiger partial charge in [-0.3, -0.25) is 4.57 Å². The molecule has 24 heavy (non-hydrogen) atoms. The molecule has 3 aromatic rings. The van der Waals surface area contributed by atoms with Gasteiger partial charge in [0.2, 0.25) is 0 Å². The van der Waals surface area contributed by atoms with Gasteiger partial charge in [0.1, 0.15) is 24.0 Å². The first-order valence-corrected chi connectivity index (χ1v) is 7.46. The Balaban J connectivity index is 1.76. The molecule has 1 aromatic carbocycles. The topological polar surface area (TPSA) is 66.2 Å². The number of esters is 1. The summed E-state index contributed by atoms with van der Waals surface area (Å²) in [5.74, 6) is 0.923. The summed E-state index contributed by atoms with van der Waals surface area (Å²) < 4.78 is 12.5. The van der Waals surface area contributed by atoms with Gasteiger partial charge >= 0.3 is 5.97 Å². The fourth-order valence-corrected chi connectivity index (χ4v) is 2.27. The highest BCUT2D eigenvalue weighted by atomic mass is 16.5. The summed E-state index contributed by atoms with van der Waals surface area (Å²) in [6.07, 6.45) is 6.21. The molecular formula is C18H17N3O3. The van der Waals surface area contributed by atoms with Crippen molar-refractivity contribution in [1.82, 2.24) is 14.5 Å². The van der Waals surface area contributed by atoms with Crippen LogP contribution in [0.15, 0.2) is 61.3 Å². The van der Waals surface area contributed by atoms with Crippen molar-refractivity contribution in [2.75, 3.05) is 7.11 Å². The van der Waals surface area contributed by atoms with Crippen LogP contribution in [0, 0.1) is 0 Å².